The van der Waals surface area contributed by atoms with E-state index in [9.17, 15) is 23.2 Å². The van der Waals surface area contributed by atoms with Crippen molar-refractivity contribution in [1.82, 2.24) is 4.98 Å². The number of ether oxygens (including phenoxy) is 2. The van der Waals surface area contributed by atoms with Gasteiger partial charge in [-0.1, -0.05) is 0 Å². The molecule has 0 spiro atoms. The summed E-state index contributed by atoms with van der Waals surface area (Å²) in [7, 11) is 1.25. The largest absolute Gasteiger partial charge is 0.469 e. The Morgan fingerprint density at radius 2 is 1.88 bits per heavy atom. The van der Waals surface area contributed by atoms with Crippen LogP contribution in [0.4, 0.5) is 13.9 Å². The Kier molecular flexibility index (Phi) is 6.12. The zero-order valence-corrected chi connectivity index (χ0v) is 13.7. The van der Waals surface area contributed by atoms with Gasteiger partial charge in [-0.3, -0.25) is 14.9 Å². The van der Waals surface area contributed by atoms with Gasteiger partial charge in [-0.25, -0.2) is 18.6 Å². The summed E-state index contributed by atoms with van der Waals surface area (Å²) in [5, 5.41) is 4.14. The van der Waals surface area contributed by atoms with Gasteiger partial charge in [0.05, 0.1) is 24.8 Å². The predicted molar refractivity (Wildman–Crippen MR) is 83.1 cm³/mol. The minimum Gasteiger partial charge on any atom is -0.469 e. The van der Waals surface area contributed by atoms with Gasteiger partial charge in [0.2, 0.25) is 0 Å². The maximum atomic E-state index is 13.0. The van der Waals surface area contributed by atoms with Crippen LogP contribution in [0.15, 0.2) is 23.6 Å². The molecule has 1 heterocycles. The summed E-state index contributed by atoms with van der Waals surface area (Å²) in [5.74, 6) is -4.07. The van der Waals surface area contributed by atoms with Gasteiger partial charge >= 0.3 is 11.9 Å². The minimum absolute atomic E-state index is 0.0387. The molecule has 7 nitrogen and oxygen atoms in total. The number of nitrogens with zero attached hydrogens (tertiary/aromatic N) is 1. The first kappa shape index (κ1) is 18.5. The Hall–Kier alpha value is -2.88. The third-order valence-electron chi connectivity index (χ3n) is 2.78. The number of carbonyl (C=O) groups excluding carboxylic acids is 3. The average Bonchev–Trinajstić information content (AvgIpc) is 2.98. The molecule has 0 bridgehead atoms. The van der Waals surface area contributed by atoms with Crippen LogP contribution < -0.4 is 5.32 Å². The van der Waals surface area contributed by atoms with Crippen molar-refractivity contribution >= 4 is 34.3 Å². The number of thiazole rings is 1. The molecule has 10 heteroatoms. The van der Waals surface area contributed by atoms with Gasteiger partial charge in [0.25, 0.3) is 5.91 Å². The van der Waals surface area contributed by atoms with Crippen LogP contribution >= 0.6 is 11.3 Å². The second-order valence-corrected chi connectivity index (χ2v) is 5.54. The molecule has 25 heavy (non-hydrogen) atoms. The second-order valence-electron chi connectivity index (χ2n) is 4.68. The fourth-order valence-corrected chi connectivity index (χ4v) is 2.43. The molecule has 1 aromatic carbocycles. The number of carbonyl (C=O) groups is 3. The summed E-state index contributed by atoms with van der Waals surface area (Å²) in [6.07, 6.45) is -0.0387. The van der Waals surface area contributed by atoms with Crippen molar-refractivity contribution in [2.45, 2.75) is 6.42 Å². The zero-order valence-electron chi connectivity index (χ0n) is 12.9. The van der Waals surface area contributed by atoms with Crippen LogP contribution in [-0.4, -0.2) is 36.5 Å². The van der Waals surface area contributed by atoms with E-state index in [2.05, 4.69) is 19.8 Å². The van der Waals surface area contributed by atoms with E-state index in [1.54, 1.807) is 5.38 Å². The van der Waals surface area contributed by atoms with Crippen LogP contribution in [0.2, 0.25) is 0 Å². The molecule has 1 amide bonds. The molecule has 0 aliphatic heterocycles. The van der Waals surface area contributed by atoms with Crippen LogP contribution in [0.25, 0.3) is 0 Å². The molecule has 1 aromatic heterocycles. The number of rotatable bonds is 6. The Morgan fingerprint density at radius 1 is 1.20 bits per heavy atom. The number of anilines is 1. The van der Waals surface area contributed by atoms with Gasteiger partial charge in [-0.05, 0) is 12.1 Å². The fraction of sp³-hybridized carbons (Fsp3) is 0.200. The van der Waals surface area contributed by atoms with Gasteiger partial charge in [0.1, 0.15) is 11.6 Å². The van der Waals surface area contributed by atoms with E-state index in [1.165, 1.54) is 7.11 Å². The van der Waals surface area contributed by atoms with E-state index in [-0.39, 0.29) is 17.1 Å². The van der Waals surface area contributed by atoms with Crippen LogP contribution in [0.3, 0.4) is 0 Å². The summed E-state index contributed by atoms with van der Waals surface area (Å²) in [6.45, 7) is -0.664. The number of hydrogen-bond donors (Lipinski definition) is 1. The molecule has 2 rings (SSSR count). The Balaban J connectivity index is 1.86. The zero-order chi connectivity index (χ0) is 18.4. The van der Waals surface area contributed by atoms with Crippen molar-refractivity contribution in [2.24, 2.45) is 0 Å². The monoisotopic (exact) mass is 370 g/mol. The minimum atomic E-state index is -1.04. The molecule has 0 atom stereocenters. The van der Waals surface area contributed by atoms with Gasteiger partial charge in [0, 0.05) is 11.4 Å². The number of benzene rings is 1. The first-order valence-electron chi connectivity index (χ1n) is 6.81. The predicted octanol–water partition coefficient (Wildman–Crippen LogP) is 1.93. The molecular formula is C15H12F2N2O5S. The lowest BCUT2D eigenvalue weighted by atomic mass is 10.2. The lowest BCUT2D eigenvalue weighted by Gasteiger charge is -2.05. The normalized spacial score (nSPS) is 10.2. The molecule has 2 aromatic rings. The van der Waals surface area contributed by atoms with E-state index in [4.69, 9.17) is 0 Å². The molecule has 1 N–H and O–H groups in total. The fourth-order valence-electron chi connectivity index (χ4n) is 1.71. The molecule has 0 saturated heterocycles. The number of hydrogen-bond acceptors (Lipinski definition) is 7. The van der Waals surface area contributed by atoms with E-state index in [1.807, 2.05) is 0 Å². The number of esters is 2. The molecule has 132 valence electrons. The van der Waals surface area contributed by atoms with E-state index >= 15 is 0 Å². The maximum Gasteiger partial charge on any atom is 0.338 e. The first-order valence-corrected chi connectivity index (χ1v) is 7.69. The SMILES string of the molecule is COC(=O)Cc1csc(NC(=O)COC(=O)c2cc(F)cc(F)c2)n1. The van der Waals surface area contributed by atoms with Crippen molar-refractivity contribution in [1.29, 1.82) is 0 Å². The molecular weight excluding hydrogens is 358 g/mol. The molecule has 0 aliphatic carbocycles. The van der Waals surface area contributed by atoms with Crippen molar-refractivity contribution in [2.75, 3.05) is 19.0 Å². The highest BCUT2D eigenvalue weighted by atomic mass is 32.1. The number of amides is 1. The lowest BCUT2D eigenvalue weighted by molar-refractivity contribution is -0.139. The Bertz CT molecular complexity index is 789. The number of methoxy groups -OCH3 is 1. The van der Waals surface area contributed by atoms with Crippen molar-refractivity contribution in [3.05, 3.63) is 46.5 Å². The molecule has 0 aliphatic rings. The van der Waals surface area contributed by atoms with Crippen molar-refractivity contribution in [3.8, 4) is 0 Å². The third kappa shape index (κ3) is 5.60. The summed E-state index contributed by atoms with van der Waals surface area (Å²) in [4.78, 5) is 38.5. The van der Waals surface area contributed by atoms with E-state index in [0.717, 1.165) is 23.5 Å². The van der Waals surface area contributed by atoms with Gasteiger partial charge in [0.15, 0.2) is 11.7 Å². The van der Waals surface area contributed by atoms with Crippen LogP contribution in [0.5, 0.6) is 0 Å². The molecule has 0 fully saturated rings. The number of aromatic nitrogens is 1. The van der Waals surface area contributed by atoms with Crippen LogP contribution in [-0.2, 0) is 25.5 Å². The van der Waals surface area contributed by atoms with Crippen molar-refractivity contribution in [3.63, 3.8) is 0 Å². The van der Waals surface area contributed by atoms with Gasteiger partial charge in [-0.15, -0.1) is 11.3 Å². The third-order valence-corrected chi connectivity index (χ3v) is 3.59. The summed E-state index contributed by atoms with van der Waals surface area (Å²) in [6, 6.07) is 2.20. The number of nitrogens with one attached hydrogen (secondary N) is 1. The first-order chi connectivity index (χ1) is 11.9. The van der Waals surface area contributed by atoms with Crippen molar-refractivity contribution < 1.29 is 32.6 Å². The average molecular weight is 370 g/mol. The summed E-state index contributed by atoms with van der Waals surface area (Å²) >= 11 is 1.07. The quantitative estimate of drug-likeness (QED) is 0.781. The smallest absolute Gasteiger partial charge is 0.338 e. The summed E-state index contributed by atoms with van der Waals surface area (Å²) < 4.78 is 35.2. The lowest BCUT2D eigenvalue weighted by Crippen LogP contribution is -2.21. The summed E-state index contributed by atoms with van der Waals surface area (Å²) in [5.41, 5.74) is 0.0688. The van der Waals surface area contributed by atoms with Gasteiger partial charge in [-0.2, -0.15) is 0 Å². The topological polar surface area (TPSA) is 94.6 Å². The standard InChI is InChI=1S/C15H12F2N2O5S/c1-23-13(21)5-11-7-25-15(18-11)19-12(20)6-24-14(22)8-2-9(16)4-10(17)3-8/h2-4,7H,5-6H2,1H3,(H,18,19,20). The van der Waals surface area contributed by atoms with Crippen LogP contribution in [0, 0.1) is 11.6 Å². The molecule has 0 unspecified atom stereocenters. The Labute approximate surface area is 144 Å². The highest BCUT2D eigenvalue weighted by Gasteiger charge is 2.14. The molecule has 0 saturated carbocycles. The Morgan fingerprint density at radius 3 is 2.52 bits per heavy atom. The van der Waals surface area contributed by atoms with E-state index < -0.39 is 36.1 Å². The molecule has 0 radical (unpaired) electrons. The maximum absolute atomic E-state index is 13.0. The number of halogens is 2. The van der Waals surface area contributed by atoms with Gasteiger partial charge < -0.3 is 9.47 Å². The highest BCUT2D eigenvalue weighted by molar-refractivity contribution is 7.13. The highest BCUT2D eigenvalue weighted by Crippen LogP contribution is 2.16. The van der Waals surface area contributed by atoms with Crippen LogP contribution in [0.1, 0.15) is 16.1 Å². The van der Waals surface area contributed by atoms with E-state index in [0.29, 0.717) is 11.8 Å². The second kappa shape index (κ2) is 8.29.